The van der Waals surface area contributed by atoms with Crippen molar-refractivity contribution in [2.75, 3.05) is 7.11 Å². The lowest BCUT2D eigenvalue weighted by atomic mass is 10.3. The van der Waals surface area contributed by atoms with Crippen molar-refractivity contribution in [1.29, 1.82) is 0 Å². The van der Waals surface area contributed by atoms with Crippen LogP contribution in [0.15, 0.2) is 16.7 Å². The number of methoxy groups -OCH3 is 1. The van der Waals surface area contributed by atoms with Gasteiger partial charge in [-0.15, -0.1) is 0 Å². The Morgan fingerprint density at radius 3 is 3.00 bits per heavy atom. The van der Waals surface area contributed by atoms with E-state index in [-0.39, 0.29) is 5.95 Å². The largest absolute Gasteiger partial charge is 0.480 e. The molecule has 1 heterocycles. The van der Waals surface area contributed by atoms with Gasteiger partial charge in [-0.25, -0.2) is 0 Å². The van der Waals surface area contributed by atoms with E-state index in [2.05, 4.69) is 4.42 Å². The van der Waals surface area contributed by atoms with Gasteiger partial charge in [0.05, 0.1) is 18.4 Å². The molecule has 0 spiro atoms. The molecular weight excluding hydrogens is 120 g/mol. The highest BCUT2D eigenvalue weighted by Crippen LogP contribution is 2.17. The molecule has 50 valence electrons. The molecule has 3 heteroatoms. The van der Waals surface area contributed by atoms with Crippen LogP contribution in [0, 0.1) is 0 Å². The summed E-state index contributed by atoms with van der Waals surface area (Å²) in [5.41, 5.74) is 0.678. The van der Waals surface area contributed by atoms with Gasteiger partial charge in [0.15, 0.2) is 0 Å². The number of aromatic hydroxyl groups is 1. The molecular formula is C6H8O3. The smallest absolute Gasteiger partial charge is 0.287 e. The Balaban J connectivity index is 2.69. The first-order valence-corrected chi connectivity index (χ1v) is 2.59. The Morgan fingerprint density at radius 2 is 2.56 bits per heavy atom. The summed E-state index contributed by atoms with van der Waals surface area (Å²) >= 11 is 0. The van der Waals surface area contributed by atoms with E-state index in [1.54, 1.807) is 13.2 Å². The van der Waals surface area contributed by atoms with Gasteiger partial charge in [0.2, 0.25) is 0 Å². The Labute approximate surface area is 52.9 Å². The molecule has 0 aromatic carbocycles. The fraction of sp³-hybridized carbons (Fsp3) is 0.333. The molecule has 0 saturated carbocycles. The normalized spacial score (nSPS) is 9.89. The number of furan rings is 1. The zero-order valence-electron chi connectivity index (χ0n) is 5.13. The minimum atomic E-state index is -0.0585. The van der Waals surface area contributed by atoms with E-state index in [1.807, 2.05) is 0 Å². The molecule has 0 fully saturated rings. The lowest BCUT2D eigenvalue weighted by Gasteiger charge is -1.91. The van der Waals surface area contributed by atoms with Gasteiger partial charge in [-0.05, 0) is 6.07 Å². The second kappa shape index (κ2) is 2.55. The van der Waals surface area contributed by atoms with Crippen LogP contribution in [0.4, 0.5) is 0 Å². The lowest BCUT2D eigenvalue weighted by Crippen LogP contribution is -1.82. The summed E-state index contributed by atoms with van der Waals surface area (Å²) in [4.78, 5) is 0. The molecule has 0 saturated heterocycles. The fourth-order valence-corrected chi connectivity index (χ4v) is 0.593. The van der Waals surface area contributed by atoms with E-state index in [1.165, 1.54) is 6.26 Å². The van der Waals surface area contributed by atoms with Crippen LogP contribution in [0.3, 0.4) is 0 Å². The highest BCUT2D eigenvalue weighted by molar-refractivity contribution is 5.19. The van der Waals surface area contributed by atoms with E-state index in [0.717, 1.165) is 0 Å². The van der Waals surface area contributed by atoms with Crippen molar-refractivity contribution in [2.24, 2.45) is 0 Å². The van der Waals surface area contributed by atoms with Gasteiger partial charge < -0.3 is 14.3 Å². The zero-order valence-corrected chi connectivity index (χ0v) is 5.13. The third-order valence-corrected chi connectivity index (χ3v) is 1.02. The molecule has 0 aliphatic rings. The first-order valence-electron chi connectivity index (χ1n) is 2.59. The van der Waals surface area contributed by atoms with Gasteiger partial charge in [0, 0.05) is 7.11 Å². The summed E-state index contributed by atoms with van der Waals surface area (Å²) < 4.78 is 9.34. The zero-order chi connectivity index (χ0) is 6.69. The quantitative estimate of drug-likeness (QED) is 0.649. The van der Waals surface area contributed by atoms with Crippen LogP contribution < -0.4 is 0 Å². The van der Waals surface area contributed by atoms with Gasteiger partial charge in [-0.1, -0.05) is 0 Å². The van der Waals surface area contributed by atoms with Crippen molar-refractivity contribution in [3.63, 3.8) is 0 Å². The molecule has 1 aromatic heterocycles. The van der Waals surface area contributed by atoms with E-state index < -0.39 is 0 Å². The number of rotatable bonds is 2. The van der Waals surface area contributed by atoms with Crippen LogP contribution in [0.25, 0.3) is 0 Å². The van der Waals surface area contributed by atoms with E-state index in [0.29, 0.717) is 12.2 Å². The fourth-order valence-electron chi connectivity index (χ4n) is 0.593. The predicted octanol–water partition coefficient (Wildman–Crippen LogP) is 1.13. The molecule has 0 amide bonds. The predicted molar refractivity (Wildman–Crippen MR) is 31.1 cm³/mol. The maximum absolute atomic E-state index is 8.83. The van der Waals surface area contributed by atoms with E-state index in [4.69, 9.17) is 9.84 Å². The van der Waals surface area contributed by atoms with Crippen molar-refractivity contribution in [3.8, 4) is 5.95 Å². The van der Waals surface area contributed by atoms with Gasteiger partial charge in [0.25, 0.3) is 5.95 Å². The minimum absolute atomic E-state index is 0.0585. The van der Waals surface area contributed by atoms with Crippen molar-refractivity contribution < 1.29 is 14.3 Å². The Kier molecular flexibility index (Phi) is 1.75. The topological polar surface area (TPSA) is 42.6 Å². The van der Waals surface area contributed by atoms with Crippen LogP contribution in [0.5, 0.6) is 5.95 Å². The molecule has 1 aromatic rings. The first kappa shape index (κ1) is 6.16. The molecule has 3 nitrogen and oxygen atoms in total. The average molecular weight is 128 g/mol. The summed E-state index contributed by atoms with van der Waals surface area (Å²) in [5, 5.41) is 8.83. The maximum Gasteiger partial charge on any atom is 0.287 e. The third-order valence-electron chi connectivity index (χ3n) is 1.02. The Hall–Kier alpha value is -0.960. The van der Waals surface area contributed by atoms with Gasteiger partial charge in [-0.2, -0.15) is 0 Å². The van der Waals surface area contributed by atoms with Gasteiger partial charge in [0.1, 0.15) is 0 Å². The summed E-state index contributed by atoms with van der Waals surface area (Å²) in [6.07, 6.45) is 1.42. The second-order valence-corrected chi connectivity index (χ2v) is 1.68. The molecule has 0 atom stereocenters. The molecule has 0 radical (unpaired) electrons. The first-order chi connectivity index (χ1) is 4.34. The number of hydrogen-bond acceptors (Lipinski definition) is 3. The third kappa shape index (κ3) is 1.23. The molecule has 0 aliphatic heterocycles. The lowest BCUT2D eigenvalue weighted by molar-refractivity contribution is 0.178. The van der Waals surface area contributed by atoms with Crippen molar-refractivity contribution in [2.45, 2.75) is 6.61 Å². The molecule has 0 unspecified atom stereocenters. The SMILES string of the molecule is COCc1ccoc1O. The maximum atomic E-state index is 8.83. The Morgan fingerprint density at radius 1 is 1.78 bits per heavy atom. The van der Waals surface area contributed by atoms with Crippen LogP contribution in [0.2, 0.25) is 0 Å². The summed E-state index contributed by atoms with van der Waals surface area (Å²) in [6.45, 7) is 0.391. The molecule has 9 heavy (non-hydrogen) atoms. The molecule has 1 rings (SSSR count). The minimum Gasteiger partial charge on any atom is -0.480 e. The van der Waals surface area contributed by atoms with Crippen molar-refractivity contribution in [3.05, 3.63) is 17.9 Å². The number of ether oxygens (including phenoxy) is 1. The summed E-state index contributed by atoms with van der Waals surface area (Å²) in [7, 11) is 1.56. The van der Waals surface area contributed by atoms with Crippen LogP contribution in [0.1, 0.15) is 5.56 Å². The van der Waals surface area contributed by atoms with E-state index >= 15 is 0 Å². The second-order valence-electron chi connectivity index (χ2n) is 1.68. The highest BCUT2D eigenvalue weighted by atomic mass is 16.5. The van der Waals surface area contributed by atoms with Crippen LogP contribution in [-0.2, 0) is 11.3 Å². The standard InChI is InChI=1S/C6H8O3/c1-8-4-5-2-3-9-6(5)7/h2-3,7H,4H2,1H3. The number of hydrogen-bond donors (Lipinski definition) is 1. The highest BCUT2D eigenvalue weighted by Gasteiger charge is 2.00. The van der Waals surface area contributed by atoms with E-state index in [9.17, 15) is 0 Å². The average Bonchev–Trinajstić information content (AvgIpc) is 2.18. The van der Waals surface area contributed by atoms with Crippen molar-refractivity contribution >= 4 is 0 Å². The molecule has 0 bridgehead atoms. The van der Waals surface area contributed by atoms with Crippen LogP contribution >= 0.6 is 0 Å². The van der Waals surface area contributed by atoms with Crippen LogP contribution in [-0.4, -0.2) is 12.2 Å². The Bertz CT molecular complexity index is 180. The summed E-state index contributed by atoms with van der Waals surface area (Å²) in [6, 6.07) is 1.67. The molecule has 1 N–H and O–H groups in total. The monoisotopic (exact) mass is 128 g/mol. The van der Waals surface area contributed by atoms with Gasteiger partial charge >= 0.3 is 0 Å². The summed E-state index contributed by atoms with van der Waals surface area (Å²) in [5.74, 6) is -0.0585. The molecule has 0 aliphatic carbocycles. The van der Waals surface area contributed by atoms with Crippen molar-refractivity contribution in [1.82, 2.24) is 0 Å². The van der Waals surface area contributed by atoms with Gasteiger partial charge in [-0.3, -0.25) is 0 Å².